The topological polar surface area (TPSA) is 63.4 Å². The zero-order chi connectivity index (χ0) is 13.3. The van der Waals surface area contributed by atoms with Crippen LogP contribution in [-0.4, -0.2) is 31.9 Å². The molecule has 0 saturated carbocycles. The van der Waals surface area contributed by atoms with Gasteiger partial charge in [-0.2, -0.15) is 4.31 Å². The molecule has 1 saturated heterocycles. The summed E-state index contributed by atoms with van der Waals surface area (Å²) in [4.78, 5) is -0.502. The van der Waals surface area contributed by atoms with Gasteiger partial charge < -0.3 is 5.73 Å². The van der Waals surface area contributed by atoms with Crippen LogP contribution in [0.2, 0.25) is 0 Å². The van der Waals surface area contributed by atoms with Crippen LogP contribution in [0.4, 0.5) is 8.78 Å². The van der Waals surface area contributed by atoms with Crippen LogP contribution in [0, 0.1) is 11.6 Å². The van der Waals surface area contributed by atoms with E-state index < -0.39 is 26.6 Å². The Balaban J connectivity index is 0.00000180. The van der Waals surface area contributed by atoms with Gasteiger partial charge in [0.2, 0.25) is 10.0 Å². The van der Waals surface area contributed by atoms with E-state index in [-0.39, 0.29) is 25.0 Å². The van der Waals surface area contributed by atoms with Crippen LogP contribution in [-0.2, 0) is 10.0 Å². The van der Waals surface area contributed by atoms with Gasteiger partial charge in [0.05, 0.1) is 0 Å². The van der Waals surface area contributed by atoms with E-state index in [2.05, 4.69) is 0 Å². The summed E-state index contributed by atoms with van der Waals surface area (Å²) in [7, 11) is -3.93. The van der Waals surface area contributed by atoms with Crippen LogP contribution in [0.25, 0.3) is 0 Å². The second-order valence-electron chi connectivity index (χ2n) is 4.34. The quantitative estimate of drug-likeness (QED) is 0.900. The van der Waals surface area contributed by atoms with Crippen molar-refractivity contribution in [3.05, 3.63) is 29.8 Å². The minimum Gasteiger partial charge on any atom is -0.327 e. The summed E-state index contributed by atoms with van der Waals surface area (Å²) < 4.78 is 51.8. The molecule has 0 radical (unpaired) electrons. The number of hydrogen-bond acceptors (Lipinski definition) is 3. The van der Waals surface area contributed by atoms with Crippen molar-refractivity contribution in [1.29, 1.82) is 0 Å². The number of benzene rings is 1. The Kier molecular flexibility index (Phi) is 5.26. The zero-order valence-electron chi connectivity index (χ0n) is 10.1. The molecule has 1 fully saturated rings. The minimum absolute atomic E-state index is 0. The molecule has 1 aliphatic heterocycles. The SMILES string of the molecule is Cl.N[C@@H]1CCCN(S(=O)(=O)c2ccc(F)cc2F)C1. The molecular weight excluding hydrogens is 298 g/mol. The molecule has 2 rings (SSSR count). The third-order valence-electron chi connectivity index (χ3n) is 2.93. The molecule has 1 aromatic carbocycles. The van der Waals surface area contributed by atoms with Crippen LogP contribution < -0.4 is 5.73 Å². The third-order valence-corrected chi connectivity index (χ3v) is 4.83. The number of sulfonamides is 1. The van der Waals surface area contributed by atoms with Gasteiger partial charge in [-0.25, -0.2) is 17.2 Å². The van der Waals surface area contributed by atoms with Crippen LogP contribution in [0.15, 0.2) is 23.1 Å². The Labute approximate surface area is 117 Å². The molecule has 0 amide bonds. The van der Waals surface area contributed by atoms with Crippen molar-refractivity contribution in [2.75, 3.05) is 13.1 Å². The lowest BCUT2D eigenvalue weighted by atomic mass is 10.1. The summed E-state index contributed by atoms with van der Waals surface area (Å²) in [5.41, 5.74) is 5.70. The summed E-state index contributed by atoms with van der Waals surface area (Å²) in [6, 6.07) is 2.20. The number of halogens is 3. The molecule has 108 valence electrons. The smallest absolute Gasteiger partial charge is 0.246 e. The molecule has 0 unspecified atom stereocenters. The van der Waals surface area contributed by atoms with Crippen LogP contribution >= 0.6 is 12.4 Å². The summed E-state index contributed by atoms with van der Waals surface area (Å²) in [6.07, 6.45) is 1.39. The van der Waals surface area contributed by atoms with Crippen molar-refractivity contribution < 1.29 is 17.2 Å². The summed E-state index contributed by atoms with van der Waals surface area (Å²) in [6.45, 7) is 0.478. The van der Waals surface area contributed by atoms with Crippen molar-refractivity contribution >= 4 is 22.4 Å². The maximum Gasteiger partial charge on any atom is 0.246 e. The highest BCUT2D eigenvalue weighted by atomic mass is 35.5. The van der Waals surface area contributed by atoms with Gasteiger partial charge in [-0.05, 0) is 25.0 Å². The lowest BCUT2D eigenvalue weighted by molar-refractivity contribution is 0.315. The zero-order valence-corrected chi connectivity index (χ0v) is 11.7. The Morgan fingerprint density at radius 1 is 1.32 bits per heavy atom. The van der Waals surface area contributed by atoms with E-state index in [9.17, 15) is 17.2 Å². The Bertz CT molecular complexity index is 554. The van der Waals surface area contributed by atoms with Gasteiger partial charge in [-0.3, -0.25) is 0 Å². The first-order valence-corrected chi connectivity index (χ1v) is 7.06. The summed E-state index contributed by atoms with van der Waals surface area (Å²) in [5, 5.41) is 0. The number of nitrogens with zero attached hydrogens (tertiary/aromatic N) is 1. The van der Waals surface area contributed by atoms with Gasteiger partial charge in [0.15, 0.2) is 0 Å². The molecule has 1 aliphatic rings. The van der Waals surface area contributed by atoms with Gasteiger partial charge in [0.1, 0.15) is 16.5 Å². The second kappa shape index (κ2) is 6.13. The molecule has 0 spiro atoms. The lowest BCUT2D eigenvalue weighted by Gasteiger charge is -2.29. The Morgan fingerprint density at radius 2 is 2.00 bits per heavy atom. The molecule has 0 aliphatic carbocycles. The maximum atomic E-state index is 13.5. The third kappa shape index (κ3) is 3.42. The monoisotopic (exact) mass is 312 g/mol. The fraction of sp³-hybridized carbons (Fsp3) is 0.455. The minimum atomic E-state index is -3.93. The van der Waals surface area contributed by atoms with E-state index in [0.717, 1.165) is 22.9 Å². The summed E-state index contributed by atoms with van der Waals surface area (Å²) >= 11 is 0. The van der Waals surface area contributed by atoms with E-state index in [0.29, 0.717) is 19.0 Å². The normalized spacial score (nSPS) is 20.9. The highest BCUT2D eigenvalue weighted by Gasteiger charge is 2.30. The Hall–Kier alpha value is -0.760. The van der Waals surface area contributed by atoms with Gasteiger partial charge in [-0.15, -0.1) is 12.4 Å². The predicted octanol–water partition coefficient (Wildman–Crippen LogP) is 1.50. The van der Waals surface area contributed by atoms with Gasteiger partial charge in [0, 0.05) is 25.2 Å². The largest absolute Gasteiger partial charge is 0.327 e. The van der Waals surface area contributed by atoms with Crippen molar-refractivity contribution in [2.24, 2.45) is 5.73 Å². The molecule has 0 bridgehead atoms. The van der Waals surface area contributed by atoms with Crippen LogP contribution in [0.1, 0.15) is 12.8 Å². The first-order valence-electron chi connectivity index (χ1n) is 5.62. The fourth-order valence-electron chi connectivity index (χ4n) is 2.02. The maximum absolute atomic E-state index is 13.5. The molecule has 1 aromatic rings. The number of rotatable bonds is 2. The standard InChI is InChI=1S/C11H14F2N2O2S.ClH/c12-8-3-4-11(10(13)6-8)18(16,17)15-5-1-2-9(14)7-15;/h3-4,6,9H,1-2,5,7,14H2;1H/t9-;/m1./s1. The highest BCUT2D eigenvalue weighted by molar-refractivity contribution is 7.89. The van der Waals surface area contributed by atoms with E-state index in [1.807, 2.05) is 0 Å². The molecule has 8 heteroatoms. The fourth-order valence-corrected chi connectivity index (χ4v) is 3.60. The number of hydrogen-bond donors (Lipinski definition) is 1. The van der Waals surface area contributed by atoms with Crippen molar-refractivity contribution in [3.8, 4) is 0 Å². The van der Waals surface area contributed by atoms with Crippen molar-refractivity contribution in [3.63, 3.8) is 0 Å². The van der Waals surface area contributed by atoms with Gasteiger partial charge in [0.25, 0.3) is 0 Å². The number of piperidine rings is 1. The Morgan fingerprint density at radius 3 is 2.58 bits per heavy atom. The molecule has 2 N–H and O–H groups in total. The second-order valence-corrected chi connectivity index (χ2v) is 6.25. The molecule has 0 aromatic heterocycles. The summed E-state index contributed by atoms with van der Waals surface area (Å²) in [5.74, 6) is -1.88. The van der Waals surface area contributed by atoms with Crippen LogP contribution in [0.3, 0.4) is 0 Å². The van der Waals surface area contributed by atoms with Crippen molar-refractivity contribution in [1.82, 2.24) is 4.31 Å². The number of nitrogens with two attached hydrogens (primary N) is 1. The van der Waals surface area contributed by atoms with E-state index >= 15 is 0 Å². The molecule has 4 nitrogen and oxygen atoms in total. The molecule has 1 heterocycles. The van der Waals surface area contributed by atoms with Crippen molar-refractivity contribution in [2.45, 2.75) is 23.8 Å². The van der Waals surface area contributed by atoms with E-state index in [1.165, 1.54) is 0 Å². The average Bonchev–Trinajstić information content (AvgIpc) is 2.28. The first-order chi connectivity index (χ1) is 8.41. The first kappa shape index (κ1) is 16.3. The van der Waals surface area contributed by atoms with E-state index in [4.69, 9.17) is 5.73 Å². The average molecular weight is 313 g/mol. The molecular formula is C11H15ClF2N2O2S. The molecule has 19 heavy (non-hydrogen) atoms. The van der Waals surface area contributed by atoms with Gasteiger partial charge in [-0.1, -0.05) is 0 Å². The van der Waals surface area contributed by atoms with Crippen LogP contribution in [0.5, 0.6) is 0 Å². The van der Waals surface area contributed by atoms with E-state index in [1.54, 1.807) is 0 Å². The lowest BCUT2D eigenvalue weighted by Crippen LogP contribution is -2.45. The molecule has 1 atom stereocenters. The van der Waals surface area contributed by atoms with Gasteiger partial charge >= 0.3 is 0 Å². The highest BCUT2D eigenvalue weighted by Crippen LogP contribution is 2.22. The predicted molar refractivity (Wildman–Crippen MR) is 69.6 cm³/mol.